The Hall–Kier alpha value is -1.62. The van der Waals surface area contributed by atoms with E-state index in [0.29, 0.717) is 10.8 Å². The van der Waals surface area contributed by atoms with Crippen molar-refractivity contribution >= 4 is 5.82 Å². The van der Waals surface area contributed by atoms with Crippen molar-refractivity contribution < 1.29 is 28.8 Å². The van der Waals surface area contributed by atoms with Gasteiger partial charge in [0.2, 0.25) is 0 Å². The van der Waals surface area contributed by atoms with Gasteiger partial charge < -0.3 is 25.8 Å². The molecule has 2 heterocycles. The number of aliphatic hydroxyl groups is 3. The molecule has 0 spiro atoms. The maximum atomic E-state index is 13.3. The summed E-state index contributed by atoms with van der Waals surface area (Å²) in [5, 5.41) is 28.6. The van der Waals surface area contributed by atoms with Gasteiger partial charge in [0.1, 0.15) is 18.9 Å². The predicted octanol–water partition coefficient (Wildman–Crippen LogP) is -2.08. The molecule has 1 aromatic rings. The highest BCUT2D eigenvalue weighted by Crippen LogP contribution is 2.36. The summed E-state index contributed by atoms with van der Waals surface area (Å²) in [5.74, 6) is -1.69. The molecule has 0 unspecified atom stereocenters. The largest absolute Gasteiger partial charge is 0.393 e. The zero-order chi connectivity index (χ0) is 15.1. The van der Waals surface area contributed by atoms with E-state index in [-0.39, 0.29) is 0 Å². The second-order valence-corrected chi connectivity index (χ2v) is 4.46. The maximum Gasteiger partial charge on any atom is 0.351 e. The number of aliphatic hydroxyl groups excluding tert-OH is 3. The third-order valence-corrected chi connectivity index (χ3v) is 3.21. The molecule has 10 heteroatoms. The van der Waals surface area contributed by atoms with Crippen molar-refractivity contribution in [3.05, 3.63) is 22.5 Å². The molecule has 1 fully saturated rings. The lowest BCUT2D eigenvalue weighted by Gasteiger charge is -2.26. The smallest absolute Gasteiger partial charge is 0.351 e. The molecule has 1 saturated heterocycles. The minimum absolute atomic E-state index is 0.534. The van der Waals surface area contributed by atoms with Crippen molar-refractivity contribution in [2.45, 2.75) is 24.0 Å². The summed E-state index contributed by atoms with van der Waals surface area (Å²) in [7, 11) is 0. The molecule has 1 aliphatic heterocycles. The Balaban J connectivity index is 2.45. The van der Waals surface area contributed by atoms with Gasteiger partial charge >= 0.3 is 5.69 Å². The van der Waals surface area contributed by atoms with Crippen LogP contribution in [0.2, 0.25) is 0 Å². The first-order chi connectivity index (χ1) is 9.36. The quantitative estimate of drug-likeness (QED) is 0.503. The number of hydrogen-bond acceptors (Lipinski definition) is 7. The van der Waals surface area contributed by atoms with Gasteiger partial charge in [0.15, 0.2) is 23.5 Å². The van der Waals surface area contributed by atoms with Crippen molar-refractivity contribution in [3.8, 4) is 0 Å². The Morgan fingerprint density at radius 1 is 1.55 bits per heavy atom. The van der Waals surface area contributed by atoms with Crippen LogP contribution >= 0.6 is 0 Å². The fourth-order valence-electron chi connectivity index (χ4n) is 1.99. The van der Waals surface area contributed by atoms with Crippen LogP contribution in [0.25, 0.3) is 0 Å². The Kier molecular flexibility index (Phi) is 3.73. The highest BCUT2D eigenvalue weighted by atomic mass is 19.1. The summed E-state index contributed by atoms with van der Waals surface area (Å²) in [6, 6.07) is 0. The Morgan fingerprint density at radius 2 is 2.20 bits per heavy atom. The van der Waals surface area contributed by atoms with Crippen LogP contribution in [-0.4, -0.2) is 56.0 Å². The maximum absolute atomic E-state index is 13.3. The zero-order valence-corrected chi connectivity index (χ0v) is 10.1. The minimum Gasteiger partial charge on any atom is -0.393 e. The second kappa shape index (κ2) is 5.05. The SMILES string of the molecule is Nc1nc(=O)n([C@@H]2O[C@@](CO)(CF)[C@@H](O)[C@@H]2O)cc1F. The average Bonchev–Trinajstić information content (AvgIpc) is 2.68. The van der Waals surface area contributed by atoms with E-state index in [0.717, 1.165) is 0 Å². The summed E-state index contributed by atoms with van der Waals surface area (Å²) < 4.78 is 31.8. The molecule has 1 aliphatic rings. The lowest BCUT2D eigenvalue weighted by atomic mass is 9.98. The molecular weight excluding hydrogens is 280 g/mol. The van der Waals surface area contributed by atoms with Crippen LogP contribution in [-0.2, 0) is 4.74 Å². The van der Waals surface area contributed by atoms with E-state index in [1.807, 2.05) is 0 Å². The number of ether oxygens (including phenoxy) is 1. The third-order valence-electron chi connectivity index (χ3n) is 3.21. The highest BCUT2D eigenvalue weighted by molar-refractivity contribution is 5.26. The van der Waals surface area contributed by atoms with E-state index in [2.05, 4.69) is 4.98 Å². The van der Waals surface area contributed by atoms with Crippen LogP contribution in [0.1, 0.15) is 6.23 Å². The number of nitrogens with two attached hydrogens (primary N) is 1. The van der Waals surface area contributed by atoms with Crippen molar-refractivity contribution in [3.63, 3.8) is 0 Å². The standard InChI is InChI=1S/C10H13F2N3O5/c11-2-10(3-16)6(18)5(17)8(20-10)15-1-4(12)7(13)14-9(15)19/h1,5-6,8,16-18H,2-3H2,(H2,13,14,19)/t5-,6-,8+,10+/m0/s1. The van der Waals surface area contributed by atoms with E-state index in [4.69, 9.17) is 15.6 Å². The Morgan fingerprint density at radius 3 is 2.70 bits per heavy atom. The molecule has 2 rings (SSSR count). The van der Waals surface area contributed by atoms with Crippen LogP contribution in [0.5, 0.6) is 0 Å². The summed E-state index contributed by atoms with van der Waals surface area (Å²) >= 11 is 0. The summed E-state index contributed by atoms with van der Waals surface area (Å²) in [4.78, 5) is 14.8. The van der Waals surface area contributed by atoms with Crippen LogP contribution in [0.3, 0.4) is 0 Å². The van der Waals surface area contributed by atoms with Gasteiger partial charge in [-0.25, -0.2) is 13.6 Å². The van der Waals surface area contributed by atoms with Gasteiger partial charge in [-0.2, -0.15) is 4.98 Å². The van der Waals surface area contributed by atoms with Gasteiger partial charge in [0, 0.05) is 0 Å². The molecule has 5 N–H and O–H groups in total. The van der Waals surface area contributed by atoms with Gasteiger partial charge in [0.25, 0.3) is 0 Å². The second-order valence-electron chi connectivity index (χ2n) is 4.46. The topological polar surface area (TPSA) is 131 Å². The van der Waals surface area contributed by atoms with Crippen LogP contribution < -0.4 is 11.4 Å². The van der Waals surface area contributed by atoms with Gasteiger partial charge in [-0.15, -0.1) is 0 Å². The number of nitrogen functional groups attached to an aromatic ring is 1. The normalized spacial score (nSPS) is 33.5. The molecule has 112 valence electrons. The molecule has 1 aromatic heterocycles. The molecule has 0 radical (unpaired) electrons. The lowest BCUT2D eigenvalue weighted by Crippen LogP contribution is -2.48. The number of nitrogens with zero attached hydrogens (tertiary/aromatic N) is 2. The van der Waals surface area contributed by atoms with Gasteiger partial charge in [-0.05, 0) is 0 Å². The summed E-state index contributed by atoms with van der Waals surface area (Å²) in [5.41, 5.74) is 1.97. The molecule has 4 atom stereocenters. The van der Waals surface area contributed by atoms with Crippen LogP contribution in [0.15, 0.2) is 11.0 Å². The number of alkyl halides is 1. The minimum atomic E-state index is -2.08. The molecule has 8 nitrogen and oxygen atoms in total. The lowest BCUT2D eigenvalue weighted by molar-refractivity contribution is -0.138. The molecular formula is C10H13F2N3O5. The fourth-order valence-corrected chi connectivity index (χ4v) is 1.99. The van der Waals surface area contributed by atoms with E-state index in [9.17, 15) is 23.8 Å². The van der Waals surface area contributed by atoms with Crippen molar-refractivity contribution in [2.75, 3.05) is 19.0 Å². The zero-order valence-electron chi connectivity index (χ0n) is 10.1. The Bertz CT molecular complexity index is 562. The van der Waals surface area contributed by atoms with Gasteiger partial charge in [-0.3, -0.25) is 4.57 Å². The number of rotatable bonds is 3. The van der Waals surface area contributed by atoms with Crippen molar-refractivity contribution in [2.24, 2.45) is 0 Å². The Labute approximate surface area is 111 Å². The van der Waals surface area contributed by atoms with E-state index < -0.39 is 54.6 Å². The van der Waals surface area contributed by atoms with Crippen LogP contribution in [0.4, 0.5) is 14.6 Å². The molecule has 0 bridgehead atoms. The number of aromatic nitrogens is 2. The average molecular weight is 293 g/mol. The molecule has 0 amide bonds. The summed E-state index contributed by atoms with van der Waals surface area (Å²) in [6.07, 6.45) is -4.52. The van der Waals surface area contributed by atoms with Gasteiger partial charge in [-0.1, -0.05) is 0 Å². The molecule has 0 saturated carbocycles. The van der Waals surface area contributed by atoms with Crippen LogP contribution in [0, 0.1) is 5.82 Å². The van der Waals surface area contributed by atoms with E-state index in [1.54, 1.807) is 0 Å². The molecule has 0 aliphatic carbocycles. The van der Waals surface area contributed by atoms with E-state index in [1.165, 1.54) is 0 Å². The van der Waals surface area contributed by atoms with Gasteiger partial charge in [0.05, 0.1) is 12.8 Å². The summed E-state index contributed by atoms with van der Waals surface area (Å²) in [6.45, 7) is -2.24. The number of halogens is 2. The fraction of sp³-hybridized carbons (Fsp3) is 0.600. The monoisotopic (exact) mass is 293 g/mol. The molecule has 0 aromatic carbocycles. The predicted molar refractivity (Wildman–Crippen MR) is 60.8 cm³/mol. The van der Waals surface area contributed by atoms with E-state index >= 15 is 0 Å². The first-order valence-electron chi connectivity index (χ1n) is 5.61. The molecule has 20 heavy (non-hydrogen) atoms. The highest BCUT2D eigenvalue weighted by Gasteiger charge is 2.55. The first kappa shape index (κ1) is 14.8. The number of anilines is 1. The first-order valence-corrected chi connectivity index (χ1v) is 5.61. The third kappa shape index (κ3) is 2.06. The van der Waals surface area contributed by atoms with Crippen molar-refractivity contribution in [1.29, 1.82) is 0 Å². The number of hydrogen-bond donors (Lipinski definition) is 4. The van der Waals surface area contributed by atoms with Crippen molar-refractivity contribution in [1.82, 2.24) is 9.55 Å².